The van der Waals surface area contributed by atoms with Crippen molar-refractivity contribution in [2.75, 3.05) is 11.1 Å². The summed E-state index contributed by atoms with van der Waals surface area (Å²) in [4.78, 5) is 4.20. The van der Waals surface area contributed by atoms with Gasteiger partial charge in [0.1, 0.15) is 11.6 Å². The number of nitrogen functional groups attached to an aromatic ring is 1. The predicted octanol–water partition coefficient (Wildman–Crippen LogP) is 4.60. The maximum atomic E-state index is 13.9. The highest BCUT2D eigenvalue weighted by atomic mass is 79.9. The Balaban J connectivity index is 2.08. The van der Waals surface area contributed by atoms with Gasteiger partial charge in [-0.1, -0.05) is 0 Å². The molecule has 6 heteroatoms. The molecule has 0 saturated carbocycles. The van der Waals surface area contributed by atoms with E-state index in [4.69, 9.17) is 5.73 Å². The minimum absolute atomic E-state index is 0.0556. The molecule has 0 amide bonds. The average Bonchev–Trinajstić information content (AvgIpc) is 2.44. The summed E-state index contributed by atoms with van der Waals surface area (Å²) in [7, 11) is 0. The van der Waals surface area contributed by atoms with E-state index in [1.165, 1.54) is 0 Å². The molecule has 0 saturated heterocycles. The summed E-state index contributed by atoms with van der Waals surface area (Å²) in [6.45, 7) is 0. The van der Waals surface area contributed by atoms with E-state index in [0.717, 1.165) is 17.5 Å². The largest absolute Gasteiger partial charge is 0.399 e. The van der Waals surface area contributed by atoms with Crippen molar-refractivity contribution in [3.05, 3.63) is 58.7 Å². The van der Waals surface area contributed by atoms with Crippen molar-refractivity contribution in [1.29, 1.82) is 0 Å². The number of pyridine rings is 1. The summed E-state index contributed by atoms with van der Waals surface area (Å²) in [6.07, 6.45) is 1.58. The van der Waals surface area contributed by atoms with Crippen LogP contribution in [-0.2, 0) is 0 Å². The molecule has 0 bridgehead atoms. The zero-order valence-corrected chi connectivity index (χ0v) is 12.3. The lowest BCUT2D eigenvalue weighted by atomic mass is 10.1. The Kier molecular flexibility index (Phi) is 3.47. The van der Waals surface area contributed by atoms with Gasteiger partial charge in [-0.2, -0.15) is 0 Å². The Bertz CT molecular complexity index is 837. The molecule has 0 aliphatic heterocycles. The first-order chi connectivity index (χ1) is 10.0. The first-order valence-corrected chi connectivity index (χ1v) is 6.90. The molecule has 1 heterocycles. The van der Waals surface area contributed by atoms with Crippen LogP contribution in [0.4, 0.5) is 25.8 Å². The zero-order chi connectivity index (χ0) is 15.0. The quantitative estimate of drug-likeness (QED) is 0.525. The van der Waals surface area contributed by atoms with Crippen molar-refractivity contribution in [2.24, 2.45) is 0 Å². The van der Waals surface area contributed by atoms with Crippen molar-refractivity contribution >= 4 is 43.9 Å². The Morgan fingerprint density at radius 3 is 2.62 bits per heavy atom. The molecule has 1 aromatic heterocycles. The van der Waals surface area contributed by atoms with Crippen LogP contribution in [0.25, 0.3) is 10.9 Å². The van der Waals surface area contributed by atoms with Crippen LogP contribution in [0.3, 0.4) is 0 Å². The highest BCUT2D eigenvalue weighted by molar-refractivity contribution is 9.10. The third kappa shape index (κ3) is 2.67. The third-order valence-corrected chi connectivity index (χ3v) is 3.65. The molecule has 0 aliphatic carbocycles. The number of anilines is 3. The van der Waals surface area contributed by atoms with Crippen LogP contribution in [0.1, 0.15) is 0 Å². The van der Waals surface area contributed by atoms with E-state index >= 15 is 0 Å². The summed E-state index contributed by atoms with van der Waals surface area (Å²) in [5, 5.41) is 3.66. The maximum absolute atomic E-state index is 13.9. The van der Waals surface area contributed by atoms with Crippen LogP contribution in [0.5, 0.6) is 0 Å². The molecule has 0 spiro atoms. The van der Waals surface area contributed by atoms with Gasteiger partial charge in [-0.15, -0.1) is 0 Å². The molecule has 0 radical (unpaired) electrons. The van der Waals surface area contributed by atoms with E-state index in [-0.39, 0.29) is 10.2 Å². The van der Waals surface area contributed by atoms with E-state index in [9.17, 15) is 8.78 Å². The van der Waals surface area contributed by atoms with Crippen molar-refractivity contribution in [2.45, 2.75) is 0 Å². The number of halogens is 3. The van der Waals surface area contributed by atoms with Crippen molar-refractivity contribution in [1.82, 2.24) is 4.98 Å². The molecular weight excluding hydrogens is 340 g/mol. The van der Waals surface area contributed by atoms with E-state index in [1.54, 1.807) is 30.5 Å². The van der Waals surface area contributed by atoms with Gasteiger partial charge in [0.2, 0.25) is 0 Å². The number of nitrogens with two attached hydrogens (primary N) is 1. The van der Waals surface area contributed by atoms with E-state index in [0.29, 0.717) is 16.9 Å². The maximum Gasteiger partial charge on any atom is 0.147 e. The Morgan fingerprint density at radius 1 is 1.00 bits per heavy atom. The number of nitrogens with zero attached hydrogens (tertiary/aromatic N) is 1. The fourth-order valence-corrected chi connectivity index (χ4v) is 2.35. The average molecular weight is 350 g/mol. The summed E-state index contributed by atoms with van der Waals surface area (Å²) in [5.74, 6) is -1.09. The van der Waals surface area contributed by atoms with Gasteiger partial charge < -0.3 is 11.1 Å². The lowest BCUT2D eigenvalue weighted by Crippen LogP contribution is -1.97. The summed E-state index contributed by atoms with van der Waals surface area (Å²) in [6, 6.07) is 9.11. The monoisotopic (exact) mass is 349 g/mol. The van der Waals surface area contributed by atoms with E-state index in [1.807, 2.05) is 0 Å². The van der Waals surface area contributed by atoms with Gasteiger partial charge in [-0.3, -0.25) is 4.98 Å². The Morgan fingerprint density at radius 2 is 1.81 bits per heavy atom. The summed E-state index contributed by atoms with van der Waals surface area (Å²) >= 11 is 2.95. The SMILES string of the molecule is Nc1ccc2c(Nc3cc(F)c(Br)cc3F)ccnc2c1. The van der Waals surface area contributed by atoms with Crippen LogP contribution >= 0.6 is 15.9 Å². The molecule has 21 heavy (non-hydrogen) atoms. The minimum atomic E-state index is -0.552. The number of benzene rings is 2. The third-order valence-electron chi connectivity index (χ3n) is 3.05. The van der Waals surface area contributed by atoms with Crippen LogP contribution in [0.2, 0.25) is 0 Å². The van der Waals surface area contributed by atoms with Crippen molar-refractivity contribution in [3.63, 3.8) is 0 Å². The van der Waals surface area contributed by atoms with Crippen molar-refractivity contribution in [3.8, 4) is 0 Å². The predicted molar refractivity (Wildman–Crippen MR) is 83.5 cm³/mol. The first kappa shape index (κ1) is 13.8. The number of aromatic nitrogens is 1. The lowest BCUT2D eigenvalue weighted by molar-refractivity contribution is 0.598. The number of hydrogen-bond acceptors (Lipinski definition) is 3. The number of nitrogens with one attached hydrogen (secondary N) is 1. The van der Waals surface area contributed by atoms with Crippen LogP contribution in [0.15, 0.2) is 47.1 Å². The van der Waals surface area contributed by atoms with Gasteiger partial charge >= 0.3 is 0 Å². The standard InChI is InChI=1S/C15H10BrF2N3/c16-10-6-12(18)15(7-11(10)17)21-13-3-4-20-14-5-8(19)1-2-9(13)14/h1-7H,19H2,(H,20,21). The molecule has 2 aromatic carbocycles. The molecule has 0 unspecified atom stereocenters. The Hall–Kier alpha value is -2.21. The van der Waals surface area contributed by atoms with Gasteiger partial charge in [-0.05, 0) is 46.3 Å². The van der Waals surface area contributed by atoms with Gasteiger partial charge in [0.05, 0.1) is 15.7 Å². The first-order valence-electron chi connectivity index (χ1n) is 6.10. The highest BCUT2D eigenvalue weighted by Crippen LogP contribution is 2.29. The fraction of sp³-hybridized carbons (Fsp3) is 0. The van der Waals surface area contributed by atoms with Gasteiger partial charge in [0, 0.05) is 29.0 Å². The number of hydrogen-bond donors (Lipinski definition) is 2. The second-order valence-corrected chi connectivity index (χ2v) is 5.36. The molecule has 3 N–H and O–H groups in total. The van der Waals surface area contributed by atoms with Crippen LogP contribution < -0.4 is 11.1 Å². The van der Waals surface area contributed by atoms with Crippen LogP contribution in [-0.4, -0.2) is 4.98 Å². The number of fused-ring (bicyclic) bond motifs is 1. The normalized spacial score (nSPS) is 10.8. The van der Waals surface area contributed by atoms with Gasteiger partial charge in [0.15, 0.2) is 0 Å². The second kappa shape index (κ2) is 5.29. The van der Waals surface area contributed by atoms with Crippen molar-refractivity contribution < 1.29 is 8.78 Å². The molecule has 3 rings (SSSR count). The molecule has 3 aromatic rings. The number of rotatable bonds is 2. The topological polar surface area (TPSA) is 50.9 Å². The fourth-order valence-electron chi connectivity index (χ4n) is 2.04. The van der Waals surface area contributed by atoms with Gasteiger partial charge in [0.25, 0.3) is 0 Å². The Labute approximate surface area is 127 Å². The summed E-state index contributed by atoms with van der Waals surface area (Å²) in [5.41, 5.74) is 7.66. The molecule has 0 atom stereocenters. The zero-order valence-electron chi connectivity index (χ0n) is 10.7. The molecule has 0 aliphatic rings. The molecule has 3 nitrogen and oxygen atoms in total. The second-order valence-electron chi connectivity index (χ2n) is 4.51. The van der Waals surface area contributed by atoms with E-state index in [2.05, 4.69) is 26.2 Å². The summed E-state index contributed by atoms with van der Waals surface area (Å²) < 4.78 is 27.5. The smallest absolute Gasteiger partial charge is 0.147 e. The van der Waals surface area contributed by atoms with E-state index < -0.39 is 11.6 Å². The molecule has 0 fully saturated rings. The molecule has 106 valence electrons. The minimum Gasteiger partial charge on any atom is -0.399 e. The molecular formula is C15H10BrF2N3. The highest BCUT2D eigenvalue weighted by Gasteiger charge is 2.10. The van der Waals surface area contributed by atoms with Gasteiger partial charge in [-0.25, -0.2) is 8.78 Å². The lowest BCUT2D eigenvalue weighted by Gasteiger charge is -2.11. The van der Waals surface area contributed by atoms with Crippen LogP contribution in [0, 0.1) is 11.6 Å².